The minimum absolute atomic E-state index is 0.190. The summed E-state index contributed by atoms with van der Waals surface area (Å²) in [6.45, 7) is 0.471. The molecule has 2 aromatic carbocycles. The van der Waals surface area contributed by atoms with Crippen LogP contribution in [0.1, 0.15) is 16.1 Å². The molecule has 2 heterocycles. The van der Waals surface area contributed by atoms with Crippen molar-refractivity contribution >= 4 is 5.91 Å². The van der Waals surface area contributed by atoms with Crippen molar-refractivity contribution in [2.24, 2.45) is 0 Å². The van der Waals surface area contributed by atoms with Gasteiger partial charge in [0, 0.05) is 24.5 Å². The van der Waals surface area contributed by atoms with Gasteiger partial charge in [0.05, 0.1) is 5.69 Å². The van der Waals surface area contributed by atoms with Crippen LogP contribution in [-0.2, 0) is 6.42 Å². The van der Waals surface area contributed by atoms with Gasteiger partial charge in [-0.3, -0.25) is 9.78 Å². The van der Waals surface area contributed by atoms with Gasteiger partial charge in [0.1, 0.15) is 11.5 Å². The van der Waals surface area contributed by atoms with Crippen molar-refractivity contribution in [3.05, 3.63) is 96.2 Å². The van der Waals surface area contributed by atoms with E-state index in [1.54, 1.807) is 30.6 Å². The molecule has 0 radical (unpaired) electrons. The van der Waals surface area contributed by atoms with E-state index in [4.69, 9.17) is 0 Å². The number of carbonyl (C=O) groups excluding carboxylic acids is 1. The van der Waals surface area contributed by atoms with Gasteiger partial charge in [-0.2, -0.15) is 0 Å². The van der Waals surface area contributed by atoms with Crippen molar-refractivity contribution in [3.63, 3.8) is 0 Å². The second-order valence-electron chi connectivity index (χ2n) is 6.41. The summed E-state index contributed by atoms with van der Waals surface area (Å²) in [5, 5.41) is 11.1. The molecule has 0 atom stereocenters. The molecule has 6 nitrogen and oxygen atoms in total. The minimum atomic E-state index is -0.351. The van der Waals surface area contributed by atoms with Crippen molar-refractivity contribution in [1.29, 1.82) is 0 Å². The average Bonchev–Trinajstić information content (AvgIpc) is 3.21. The first-order chi connectivity index (χ1) is 14.2. The largest absolute Gasteiger partial charge is 0.350 e. The van der Waals surface area contributed by atoms with Gasteiger partial charge in [0.15, 0.2) is 5.69 Å². The smallest absolute Gasteiger partial charge is 0.274 e. The lowest BCUT2D eigenvalue weighted by Crippen LogP contribution is -2.26. The average molecular weight is 387 g/mol. The summed E-state index contributed by atoms with van der Waals surface area (Å²) in [5.41, 5.74) is 3.11. The van der Waals surface area contributed by atoms with Crippen molar-refractivity contribution in [2.45, 2.75) is 6.42 Å². The van der Waals surface area contributed by atoms with Gasteiger partial charge in [-0.05, 0) is 48.4 Å². The van der Waals surface area contributed by atoms with Gasteiger partial charge in [0.25, 0.3) is 5.91 Å². The molecule has 0 saturated heterocycles. The first kappa shape index (κ1) is 18.5. The third kappa shape index (κ3) is 4.19. The predicted octanol–water partition coefficient (Wildman–Crippen LogP) is 3.44. The van der Waals surface area contributed by atoms with Gasteiger partial charge in [-0.15, -0.1) is 5.10 Å². The summed E-state index contributed by atoms with van der Waals surface area (Å²) >= 11 is 0. The van der Waals surface area contributed by atoms with Crippen LogP contribution in [0.15, 0.2) is 79.1 Å². The monoisotopic (exact) mass is 387 g/mol. The molecule has 0 aliphatic rings. The Bertz CT molecular complexity index is 1100. The molecule has 0 unspecified atom stereocenters. The molecule has 29 heavy (non-hydrogen) atoms. The number of nitrogens with zero attached hydrogens (tertiary/aromatic N) is 4. The van der Waals surface area contributed by atoms with Crippen molar-refractivity contribution in [1.82, 2.24) is 25.3 Å². The van der Waals surface area contributed by atoms with Crippen LogP contribution in [0.25, 0.3) is 16.9 Å². The van der Waals surface area contributed by atoms with E-state index in [2.05, 4.69) is 20.6 Å². The van der Waals surface area contributed by atoms with Crippen LogP contribution >= 0.6 is 0 Å². The summed E-state index contributed by atoms with van der Waals surface area (Å²) in [5.74, 6) is -0.677. The fourth-order valence-corrected chi connectivity index (χ4v) is 3.01. The zero-order valence-electron chi connectivity index (χ0n) is 15.5. The van der Waals surface area contributed by atoms with Crippen LogP contribution in [0.2, 0.25) is 0 Å². The summed E-state index contributed by atoms with van der Waals surface area (Å²) in [7, 11) is 0. The first-order valence-electron chi connectivity index (χ1n) is 9.16. The predicted molar refractivity (Wildman–Crippen MR) is 107 cm³/mol. The van der Waals surface area contributed by atoms with Gasteiger partial charge >= 0.3 is 0 Å². The number of halogens is 1. The lowest BCUT2D eigenvalue weighted by atomic mass is 10.1. The Kier molecular flexibility index (Phi) is 5.38. The Labute approximate surface area is 167 Å². The molecule has 0 fully saturated rings. The molecule has 0 aliphatic carbocycles. The Morgan fingerprint density at radius 1 is 1.00 bits per heavy atom. The summed E-state index contributed by atoms with van der Waals surface area (Å²) < 4.78 is 14.8. The first-order valence-corrected chi connectivity index (χ1v) is 9.16. The summed E-state index contributed by atoms with van der Waals surface area (Å²) in [6.07, 6.45) is 4.00. The van der Waals surface area contributed by atoms with Crippen LogP contribution in [0.3, 0.4) is 0 Å². The van der Waals surface area contributed by atoms with Crippen LogP contribution in [0.5, 0.6) is 0 Å². The van der Waals surface area contributed by atoms with Gasteiger partial charge in [-0.25, -0.2) is 9.07 Å². The summed E-state index contributed by atoms with van der Waals surface area (Å²) in [4.78, 5) is 17.0. The number of carbonyl (C=O) groups is 1. The Balaban J connectivity index is 1.62. The second-order valence-corrected chi connectivity index (χ2v) is 6.41. The van der Waals surface area contributed by atoms with Gasteiger partial charge in [-0.1, -0.05) is 35.5 Å². The SMILES string of the molecule is O=C(NCCc1ccccc1)c1nnn(-c2ccc(F)cc2)c1-c1cccnc1. The Morgan fingerprint density at radius 3 is 2.52 bits per heavy atom. The molecule has 144 valence electrons. The maximum Gasteiger partial charge on any atom is 0.274 e. The fraction of sp³-hybridized carbons (Fsp3) is 0.0909. The zero-order chi connectivity index (χ0) is 20.1. The molecule has 7 heteroatoms. The molecule has 0 bridgehead atoms. The highest BCUT2D eigenvalue weighted by atomic mass is 19.1. The quantitative estimate of drug-likeness (QED) is 0.550. The molecule has 2 aromatic heterocycles. The highest BCUT2D eigenvalue weighted by Crippen LogP contribution is 2.24. The highest BCUT2D eigenvalue weighted by Gasteiger charge is 2.22. The Hall–Kier alpha value is -3.87. The summed E-state index contributed by atoms with van der Waals surface area (Å²) in [6, 6.07) is 19.3. The zero-order valence-corrected chi connectivity index (χ0v) is 15.5. The number of hydrogen-bond donors (Lipinski definition) is 1. The van der Waals surface area contributed by atoms with Gasteiger partial charge in [0.2, 0.25) is 0 Å². The van der Waals surface area contributed by atoms with Crippen molar-refractivity contribution in [3.8, 4) is 16.9 Å². The number of pyridine rings is 1. The van der Waals surface area contributed by atoms with Crippen LogP contribution in [-0.4, -0.2) is 32.4 Å². The molecule has 4 rings (SSSR count). The normalized spacial score (nSPS) is 10.7. The molecule has 4 aromatic rings. The molecular weight excluding hydrogens is 369 g/mol. The molecule has 1 N–H and O–H groups in total. The fourth-order valence-electron chi connectivity index (χ4n) is 3.01. The maximum absolute atomic E-state index is 13.3. The van der Waals surface area contributed by atoms with Gasteiger partial charge < -0.3 is 5.32 Å². The molecule has 0 spiro atoms. The number of benzene rings is 2. The topological polar surface area (TPSA) is 72.7 Å². The minimum Gasteiger partial charge on any atom is -0.350 e. The van der Waals surface area contributed by atoms with Crippen LogP contribution in [0.4, 0.5) is 4.39 Å². The maximum atomic E-state index is 13.3. The standard InChI is InChI=1S/C22H18FN5O/c23-18-8-10-19(11-9-18)28-21(17-7-4-13-24-15-17)20(26-27-28)22(29)25-14-12-16-5-2-1-3-6-16/h1-11,13,15H,12,14H2,(H,25,29). The molecule has 0 aliphatic heterocycles. The molecular formula is C22H18FN5O. The van der Waals surface area contributed by atoms with E-state index in [9.17, 15) is 9.18 Å². The highest BCUT2D eigenvalue weighted by molar-refractivity contribution is 5.98. The lowest BCUT2D eigenvalue weighted by Gasteiger charge is -2.09. The van der Waals surface area contributed by atoms with Crippen molar-refractivity contribution < 1.29 is 9.18 Å². The van der Waals surface area contributed by atoms with E-state index in [1.165, 1.54) is 16.8 Å². The number of rotatable bonds is 6. The van der Waals surface area contributed by atoms with E-state index >= 15 is 0 Å². The van der Waals surface area contributed by atoms with Crippen LogP contribution in [0, 0.1) is 5.82 Å². The lowest BCUT2D eigenvalue weighted by molar-refractivity contribution is 0.0949. The molecule has 1 amide bonds. The Morgan fingerprint density at radius 2 is 1.79 bits per heavy atom. The number of hydrogen-bond acceptors (Lipinski definition) is 4. The number of nitrogens with one attached hydrogen (secondary N) is 1. The third-order valence-corrected chi connectivity index (χ3v) is 4.43. The van der Waals surface area contributed by atoms with E-state index < -0.39 is 0 Å². The second kappa shape index (κ2) is 8.43. The van der Waals surface area contributed by atoms with E-state index in [0.717, 1.165) is 5.56 Å². The van der Waals surface area contributed by atoms with E-state index in [1.807, 2.05) is 36.4 Å². The van der Waals surface area contributed by atoms with Crippen molar-refractivity contribution in [2.75, 3.05) is 6.54 Å². The molecule has 0 saturated carbocycles. The number of amides is 1. The number of aromatic nitrogens is 4. The van der Waals surface area contributed by atoms with E-state index in [0.29, 0.717) is 29.9 Å². The third-order valence-electron chi connectivity index (χ3n) is 4.43. The van der Waals surface area contributed by atoms with E-state index in [-0.39, 0.29) is 17.4 Å². The van der Waals surface area contributed by atoms with Crippen LogP contribution < -0.4 is 5.32 Å².